The van der Waals surface area contributed by atoms with E-state index in [-0.39, 0.29) is 0 Å². The van der Waals surface area contributed by atoms with Gasteiger partial charge in [-0.1, -0.05) is 19.1 Å². The van der Waals surface area contributed by atoms with Gasteiger partial charge in [0.15, 0.2) is 0 Å². The largest absolute Gasteiger partial charge is 0.378 e. The summed E-state index contributed by atoms with van der Waals surface area (Å²) in [5, 5.41) is 7.60. The minimum atomic E-state index is 0.351. The van der Waals surface area contributed by atoms with E-state index in [0.717, 1.165) is 48.1 Å². The SMILES string of the molecule is Cc1cnc(N/N=C/c2ccc(Nc3ccc(C(C)CNN)cc3)cn2)nc1N1CCOCC1. The molecule has 0 aliphatic carbocycles. The van der Waals surface area contributed by atoms with Gasteiger partial charge in [0.1, 0.15) is 5.82 Å². The fourth-order valence-corrected chi connectivity index (χ4v) is 3.65. The highest BCUT2D eigenvalue weighted by Crippen LogP contribution is 2.21. The fourth-order valence-electron chi connectivity index (χ4n) is 3.65. The van der Waals surface area contributed by atoms with Crippen molar-refractivity contribution in [2.45, 2.75) is 19.8 Å². The van der Waals surface area contributed by atoms with E-state index in [2.05, 4.69) is 60.2 Å². The Hall–Kier alpha value is -3.60. The van der Waals surface area contributed by atoms with Crippen LogP contribution in [0.4, 0.5) is 23.1 Å². The number of nitrogens with one attached hydrogen (secondary N) is 3. The third-order valence-electron chi connectivity index (χ3n) is 5.60. The van der Waals surface area contributed by atoms with Crippen LogP contribution in [0.25, 0.3) is 0 Å². The van der Waals surface area contributed by atoms with E-state index < -0.39 is 0 Å². The molecule has 1 fully saturated rings. The predicted octanol–water partition coefficient (Wildman–Crippen LogP) is 2.77. The molecule has 0 spiro atoms. The molecule has 1 aromatic carbocycles. The number of nitrogens with two attached hydrogens (primary N) is 1. The summed E-state index contributed by atoms with van der Waals surface area (Å²) >= 11 is 0. The molecule has 178 valence electrons. The average Bonchev–Trinajstić information content (AvgIpc) is 2.87. The number of anilines is 4. The van der Waals surface area contributed by atoms with Gasteiger partial charge in [-0.3, -0.25) is 16.3 Å². The first-order valence-electron chi connectivity index (χ1n) is 11.3. The Morgan fingerprint density at radius 3 is 2.56 bits per heavy atom. The van der Waals surface area contributed by atoms with Gasteiger partial charge in [-0.25, -0.2) is 10.4 Å². The van der Waals surface area contributed by atoms with Crippen molar-refractivity contribution >= 4 is 29.4 Å². The second-order valence-electron chi connectivity index (χ2n) is 8.20. The van der Waals surface area contributed by atoms with Crippen molar-refractivity contribution in [1.29, 1.82) is 0 Å². The molecule has 0 amide bonds. The van der Waals surface area contributed by atoms with E-state index in [9.17, 15) is 0 Å². The smallest absolute Gasteiger partial charge is 0.245 e. The number of nitrogens with zero attached hydrogens (tertiary/aromatic N) is 5. The highest BCUT2D eigenvalue weighted by Gasteiger charge is 2.15. The van der Waals surface area contributed by atoms with E-state index in [0.29, 0.717) is 25.1 Å². The summed E-state index contributed by atoms with van der Waals surface area (Å²) in [6.07, 6.45) is 5.22. The molecular weight excluding hydrogens is 430 g/mol. The molecule has 1 aliphatic rings. The van der Waals surface area contributed by atoms with E-state index in [1.807, 2.05) is 31.2 Å². The van der Waals surface area contributed by atoms with Crippen molar-refractivity contribution in [3.05, 3.63) is 65.6 Å². The number of rotatable bonds is 9. The van der Waals surface area contributed by atoms with Crippen LogP contribution in [0.3, 0.4) is 0 Å². The van der Waals surface area contributed by atoms with Crippen LogP contribution in [0.15, 0.2) is 53.9 Å². The summed E-state index contributed by atoms with van der Waals surface area (Å²) in [7, 11) is 0. The van der Waals surface area contributed by atoms with Crippen LogP contribution in [0.5, 0.6) is 0 Å². The number of pyridine rings is 1. The Balaban J connectivity index is 1.32. The summed E-state index contributed by atoms with van der Waals surface area (Å²) in [5.74, 6) is 7.12. The van der Waals surface area contributed by atoms with Crippen molar-refractivity contribution in [2.75, 3.05) is 48.5 Å². The van der Waals surface area contributed by atoms with Gasteiger partial charge in [-0.15, -0.1) is 0 Å². The number of morpholine rings is 1. The van der Waals surface area contributed by atoms with Gasteiger partial charge in [0.25, 0.3) is 0 Å². The van der Waals surface area contributed by atoms with Crippen LogP contribution in [0, 0.1) is 6.92 Å². The minimum absolute atomic E-state index is 0.351. The summed E-state index contributed by atoms with van der Waals surface area (Å²) in [5.41, 5.74) is 10.5. The van der Waals surface area contributed by atoms with Gasteiger partial charge in [0, 0.05) is 37.1 Å². The number of hydrogen-bond acceptors (Lipinski definition) is 10. The second-order valence-corrected chi connectivity index (χ2v) is 8.20. The maximum absolute atomic E-state index is 5.43. The monoisotopic (exact) mass is 461 g/mol. The van der Waals surface area contributed by atoms with Gasteiger partial charge in [-0.05, 0) is 42.7 Å². The molecule has 0 bridgehead atoms. The number of benzene rings is 1. The zero-order valence-corrected chi connectivity index (χ0v) is 19.5. The summed E-state index contributed by atoms with van der Waals surface area (Å²) in [4.78, 5) is 15.6. The zero-order valence-electron chi connectivity index (χ0n) is 19.5. The quantitative estimate of drug-likeness (QED) is 0.216. The molecular formula is C24H31N9O. The van der Waals surface area contributed by atoms with Crippen LogP contribution >= 0.6 is 0 Å². The molecule has 1 unspecified atom stereocenters. The second kappa shape index (κ2) is 11.5. The van der Waals surface area contributed by atoms with Crippen LogP contribution < -0.4 is 26.9 Å². The molecule has 3 heterocycles. The Labute approximate surface area is 199 Å². The number of hydrazine groups is 1. The van der Waals surface area contributed by atoms with E-state index in [4.69, 9.17) is 10.6 Å². The predicted molar refractivity (Wildman–Crippen MR) is 136 cm³/mol. The Bertz CT molecular complexity index is 1080. The molecule has 34 heavy (non-hydrogen) atoms. The van der Waals surface area contributed by atoms with E-state index in [1.165, 1.54) is 5.56 Å². The number of hydrazone groups is 1. The molecule has 0 radical (unpaired) electrons. The number of ether oxygens (including phenoxy) is 1. The number of aryl methyl sites for hydroxylation is 1. The molecule has 0 saturated carbocycles. The van der Waals surface area contributed by atoms with Gasteiger partial charge in [0.2, 0.25) is 5.95 Å². The third-order valence-corrected chi connectivity index (χ3v) is 5.60. The van der Waals surface area contributed by atoms with Crippen molar-refractivity contribution < 1.29 is 4.74 Å². The Morgan fingerprint density at radius 1 is 1.09 bits per heavy atom. The summed E-state index contributed by atoms with van der Waals surface area (Å²) in [6.45, 7) is 7.93. The lowest BCUT2D eigenvalue weighted by Gasteiger charge is -2.28. The Morgan fingerprint density at radius 2 is 1.85 bits per heavy atom. The molecule has 10 heteroatoms. The standard InChI is InChI=1S/C24H31N9O/c1-17(14-28-25)19-3-5-20(6-4-19)30-22-8-7-21(26-15-22)16-29-32-24-27-13-18(2)23(31-24)33-9-11-34-12-10-33/h3-8,13,15-17,28,30H,9-12,14,25H2,1-2H3,(H,27,31,32)/b29-16+. The highest BCUT2D eigenvalue weighted by molar-refractivity contribution is 5.78. The first kappa shape index (κ1) is 23.6. The van der Waals surface area contributed by atoms with Crippen LogP contribution in [0.1, 0.15) is 29.7 Å². The minimum Gasteiger partial charge on any atom is -0.378 e. The van der Waals surface area contributed by atoms with Gasteiger partial charge < -0.3 is 15.0 Å². The zero-order chi connectivity index (χ0) is 23.8. The maximum Gasteiger partial charge on any atom is 0.245 e. The first-order valence-corrected chi connectivity index (χ1v) is 11.3. The highest BCUT2D eigenvalue weighted by atomic mass is 16.5. The van der Waals surface area contributed by atoms with Crippen LogP contribution in [0.2, 0.25) is 0 Å². The molecule has 10 nitrogen and oxygen atoms in total. The van der Waals surface area contributed by atoms with Crippen molar-refractivity contribution in [3.63, 3.8) is 0 Å². The fraction of sp³-hybridized carbons (Fsp3) is 0.333. The van der Waals surface area contributed by atoms with Gasteiger partial charge in [0.05, 0.1) is 37.0 Å². The topological polar surface area (TPSA) is 126 Å². The number of aromatic nitrogens is 3. The van der Waals surface area contributed by atoms with Gasteiger partial charge in [-0.2, -0.15) is 10.1 Å². The summed E-state index contributed by atoms with van der Waals surface area (Å²) < 4.78 is 5.43. The normalized spacial score (nSPS) is 14.9. The Kier molecular flexibility index (Phi) is 7.97. The van der Waals surface area contributed by atoms with Crippen molar-refractivity contribution in [1.82, 2.24) is 20.4 Å². The molecule has 3 aromatic rings. The molecule has 1 saturated heterocycles. The average molecular weight is 462 g/mol. The lowest BCUT2D eigenvalue weighted by molar-refractivity contribution is 0.122. The van der Waals surface area contributed by atoms with Crippen molar-refractivity contribution in [3.8, 4) is 0 Å². The molecule has 5 N–H and O–H groups in total. The molecule has 1 atom stereocenters. The molecule has 4 rings (SSSR count). The lowest BCUT2D eigenvalue weighted by atomic mass is 10.0. The molecule has 1 aliphatic heterocycles. The van der Waals surface area contributed by atoms with E-state index in [1.54, 1.807) is 18.6 Å². The lowest BCUT2D eigenvalue weighted by Crippen LogP contribution is -2.37. The van der Waals surface area contributed by atoms with E-state index >= 15 is 0 Å². The maximum atomic E-state index is 5.43. The summed E-state index contributed by atoms with van der Waals surface area (Å²) in [6, 6.07) is 12.2. The van der Waals surface area contributed by atoms with Gasteiger partial charge >= 0.3 is 0 Å². The first-order chi connectivity index (χ1) is 16.6. The number of hydrogen-bond donors (Lipinski definition) is 4. The third kappa shape index (κ3) is 6.25. The van der Waals surface area contributed by atoms with Crippen LogP contribution in [-0.2, 0) is 4.74 Å². The molecule has 2 aromatic heterocycles. The van der Waals surface area contributed by atoms with Crippen LogP contribution in [-0.4, -0.2) is 54.0 Å². The van der Waals surface area contributed by atoms with Crippen molar-refractivity contribution in [2.24, 2.45) is 10.9 Å².